The Hall–Kier alpha value is -1.65. The summed E-state index contributed by atoms with van der Waals surface area (Å²) in [7, 11) is 3.87. The molecule has 2 N–H and O–H groups in total. The third-order valence-corrected chi connectivity index (χ3v) is 4.68. The van der Waals surface area contributed by atoms with E-state index in [9.17, 15) is 0 Å². The van der Waals surface area contributed by atoms with Crippen molar-refractivity contribution < 1.29 is 4.74 Å². The summed E-state index contributed by atoms with van der Waals surface area (Å²) < 4.78 is 7.29. The number of rotatable bonds is 13. The van der Waals surface area contributed by atoms with E-state index < -0.39 is 0 Å². The first-order valence-corrected chi connectivity index (χ1v) is 10.5. The zero-order chi connectivity index (χ0) is 20.7. The monoisotopic (exact) mass is 528 g/mol. The van der Waals surface area contributed by atoms with Crippen LogP contribution in [0.2, 0.25) is 0 Å². The van der Waals surface area contributed by atoms with Gasteiger partial charge in [0.1, 0.15) is 12.4 Å². The standard InChI is InChI=1S/C22H36N6O.HI/c1-4-23-22(25-12-16-27(2)14-8-18-29-3)26-19-21-24-13-17-28(21)15-11-20-9-6-5-7-10-20;/h5-7,9-10,13,17H,4,8,11-12,14-16,18-19H2,1-3H3,(H2,23,25,26);1H. The summed E-state index contributed by atoms with van der Waals surface area (Å²) in [5, 5.41) is 6.72. The first-order valence-electron chi connectivity index (χ1n) is 10.5. The highest BCUT2D eigenvalue weighted by Crippen LogP contribution is 2.05. The molecule has 0 saturated carbocycles. The summed E-state index contributed by atoms with van der Waals surface area (Å²) in [5.74, 6) is 1.81. The number of nitrogens with zero attached hydrogens (tertiary/aromatic N) is 4. The number of methoxy groups -OCH3 is 1. The number of imidazole rings is 1. The number of ether oxygens (including phenoxy) is 1. The fraction of sp³-hybridized carbons (Fsp3) is 0.545. The summed E-state index contributed by atoms with van der Waals surface area (Å²) in [6, 6.07) is 10.5. The van der Waals surface area contributed by atoms with Gasteiger partial charge in [0.05, 0.1) is 0 Å². The molecule has 0 unspecified atom stereocenters. The number of aliphatic imine (C=N–C) groups is 1. The lowest BCUT2D eigenvalue weighted by Crippen LogP contribution is -2.41. The van der Waals surface area contributed by atoms with Crippen molar-refractivity contribution in [3.63, 3.8) is 0 Å². The van der Waals surface area contributed by atoms with Gasteiger partial charge >= 0.3 is 0 Å². The average Bonchev–Trinajstić information content (AvgIpc) is 3.19. The van der Waals surface area contributed by atoms with E-state index in [2.05, 4.69) is 63.3 Å². The van der Waals surface area contributed by atoms with Crippen LogP contribution in [-0.2, 0) is 24.2 Å². The summed E-state index contributed by atoms with van der Waals surface area (Å²) in [6.07, 6.45) is 5.92. The lowest BCUT2D eigenvalue weighted by Gasteiger charge is -2.18. The van der Waals surface area contributed by atoms with Crippen molar-refractivity contribution >= 4 is 29.9 Å². The van der Waals surface area contributed by atoms with Gasteiger partial charge in [-0.25, -0.2) is 9.98 Å². The molecule has 168 valence electrons. The minimum absolute atomic E-state index is 0. The van der Waals surface area contributed by atoms with Crippen LogP contribution in [0.5, 0.6) is 0 Å². The molecule has 1 heterocycles. The van der Waals surface area contributed by atoms with Crippen molar-refractivity contribution in [3.05, 3.63) is 54.1 Å². The third-order valence-electron chi connectivity index (χ3n) is 4.68. The molecular weight excluding hydrogens is 491 g/mol. The molecule has 0 spiro atoms. The highest BCUT2D eigenvalue weighted by atomic mass is 127. The summed E-state index contributed by atoms with van der Waals surface area (Å²) in [5.41, 5.74) is 1.33. The van der Waals surface area contributed by atoms with E-state index in [1.54, 1.807) is 7.11 Å². The predicted molar refractivity (Wildman–Crippen MR) is 135 cm³/mol. The van der Waals surface area contributed by atoms with Crippen molar-refractivity contribution in [2.45, 2.75) is 32.9 Å². The molecule has 8 heteroatoms. The lowest BCUT2D eigenvalue weighted by molar-refractivity contribution is 0.180. The second-order valence-electron chi connectivity index (χ2n) is 7.04. The normalized spacial score (nSPS) is 11.4. The maximum Gasteiger partial charge on any atom is 0.191 e. The molecule has 2 rings (SSSR count). The molecule has 30 heavy (non-hydrogen) atoms. The second kappa shape index (κ2) is 16.1. The van der Waals surface area contributed by atoms with Crippen LogP contribution in [0, 0.1) is 0 Å². The van der Waals surface area contributed by atoms with E-state index in [1.807, 2.05) is 18.5 Å². The van der Waals surface area contributed by atoms with Gasteiger partial charge in [-0.05, 0) is 32.4 Å². The first kappa shape index (κ1) is 26.4. The van der Waals surface area contributed by atoms with Gasteiger partial charge in [-0.1, -0.05) is 30.3 Å². The van der Waals surface area contributed by atoms with Gasteiger partial charge in [-0.3, -0.25) is 0 Å². The minimum Gasteiger partial charge on any atom is -0.385 e. The Morgan fingerprint density at radius 3 is 2.73 bits per heavy atom. The van der Waals surface area contributed by atoms with Crippen molar-refractivity contribution in [2.75, 3.05) is 46.9 Å². The molecule has 0 aliphatic carbocycles. The molecule has 0 atom stereocenters. The van der Waals surface area contributed by atoms with Gasteiger partial charge in [0, 0.05) is 58.8 Å². The zero-order valence-corrected chi connectivity index (χ0v) is 20.8. The van der Waals surface area contributed by atoms with E-state index in [0.29, 0.717) is 6.54 Å². The number of hydrogen-bond donors (Lipinski definition) is 2. The number of guanidine groups is 1. The minimum atomic E-state index is 0. The molecule has 0 bridgehead atoms. The van der Waals surface area contributed by atoms with Crippen LogP contribution in [0.1, 0.15) is 24.7 Å². The van der Waals surface area contributed by atoms with Gasteiger partial charge in [0.2, 0.25) is 0 Å². The fourth-order valence-electron chi connectivity index (χ4n) is 3.04. The first-order chi connectivity index (χ1) is 14.2. The van der Waals surface area contributed by atoms with E-state index in [4.69, 9.17) is 9.73 Å². The number of halogens is 1. The quantitative estimate of drug-likeness (QED) is 0.181. The maximum atomic E-state index is 5.11. The summed E-state index contributed by atoms with van der Waals surface area (Å²) in [6.45, 7) is 8.01. The van der Waals surface area contributed by atoms with E-state index >= 15 is 0 Å². The van der Waals surface area contributed by atoms with Gasteiger partial charge in [-0.2, -0.15) is 0 Å². The Balaban J connectivity index is 0.00000450. The van der Waals surface area contributed by atoms with Crippen LogP contribution in [0.4, 0.5) is 0 Å². The highest BCUT2D eigenvalue weighted by Gasteiger charge is 2.05. The second-order valence-corrected chi connectivity index (χ2v) is 7.04. The van der Waals surface area contributed by atoms with E-state index in [-0.39, 0.29) is 24.0 Å². The molecule has 1 aromatic heterocycles. The Labute approximate surface area is 198 Å². The molecule has 0 fully saturated rings. The molecule has 0 aliphatic rings. The number of hydrogen-bond acceptors (Lipinski definition) is 4. The zero-order valence-electron chi connectivity index (χ0n) is 18.5. The smallest absolute Gasteiger partial charge is 0.191 e. The van der Waals surface area contributed by atoms with Crippen molar-refractivity contribution in [1.29, 1.82) is 0 Å². The number of likely N-dealkylation sites (N-methyl/N-ethyl adjacent to an activating group) is 1. The van der Waals surface area contributed by atoms with Crippen LogP contribution >= 0.6 is 24.0 Å². The number of nitrogens with one attached hydrogen (secondary N) is 2. The van der Waals surface area contributed by atoms with E-state index in [0.717, 1.165) is 64.0 Å². The van der Waals surface area contributed by atoms with Gasteiger partial charge in [0.25, 0.3) is 0 Å². The Bertz CT molecular complexity index is 707. The summed E-state index contributed by atoms with van der Waals surface area (Å²) in [4.78, 5) is 11.5. The topological polar surface area (TPSA) is 66.7 Å². The molecule has 0 radical (unpaired) electrons. The van der Waals surface area contributed by atoms with Crippen LogP contribution in [0.15, 0.2) is 47.7 Å². The van der Waals surface area contributed by atoms with Crippen LogP contribution in [0.25, 0.3) is 0 Å². The Morgan fingerprint density at radius 2 is 2.00 bits per heavy atom. The molecule has 0 amide bonds. The Kier molecular flexibility index (Phi) is 14.2. The van der Waals surface area contributed by atoms with Crippen LogP contribution in [-0.4, -0.2) is 67.4 Å². The third kappa shape index (κ3) is 10.4. The molecule has 2 aromatic rings. The predicted octanol–water partition coefficient (Wildman–Crippen LogP) is 2.77. The Morgan fingerprint density at radius 1 is 1.20 bits per heavy atom. The molecular formula is C22H37IN6O. The van der Waals surface area contributed by atoms with E-state index in [1.165, 1.54) is 5.56 Å². The molecule has 7 nitrogen and oxygen atoms in total. The van der Waals surface area contributed by atoms with Crippen LogP contribution in [0.3, 0.4) is 0 Å². The maximum absolute atomic E-state index is 5.11. The molecule has 0 aliphatic heterocycles. The highest BCUT2D eigenvalue weighted by molar-refractivity contribution is 14.0. The summed E-state index contributed by atoms with van der Waals surface area (Å²) >= 11 is 0. The van der Waals surface area contributed by atoms with Crippen molar-refractivity contribution in [2.24, 2.45) is 4.99 Å². The largest absolute Gasteiger partial charge is 0.385 e. The van der Waals surface area contributed by atoms with Gasteiger partial charge in [0.15, 0.2) is 5.96 Å². The van der Waals surface area contributed by atoms with Crippen molar-refractivity contribution in [3.8, 4) is 0 Å². The van der Waals surface area contributed by atoms with Crippen molar-refractivity contribution in [1.82, 2.24) is 25.1 Å². The lowest BCUT2D eigenvalue weighted by atomic mass is 10.1. The van der Waals surface area contributed by atoms with Gasteiger partial charge in [-0.15, -0.1) is 24.0 Å². The number of aryl methyl sites for hydroxylation is 2. The molecule has 0 saturated heterocycles. The fourth-order valence-corrected chi connectivity index (χ4v) is 3.04. The van der Waals surface area contributed by atoms with Crippen LogP contribution < -0.4 is 10.6 Å². The van der Waals surface area contributed by atoms with Gasteiger partial charge < -0.3 is 24.8 Å². The molecule has 1 aromatic carbocycles. The number of aromatic nitrogens is 2. The average molecular weight is 528 g/mol. The number of benzene rings is 1. The SMILES string of the molecule is CCNC(=NCc1nccn1CCc1ccccc1)NCCN(C)CCCOC.I.